The molecule has 0 aliphatic rings. The second kappa shape index (κ2) is 3.53. The first-order chi connectivity index (χ1) is 5.25. The molecule has 0 saturated carbocycles. The third-order valence-corrected chi connectivity index (χ3v) is 1.79. The summed E-state index contributed by atoms with van der Waals surface area (Å²) in [6.07, 6.45) is 5.81. The summed E-state index contributed by atoms with van der Waals surface area (Å²) >= 11 is 0. The number of imidazole rings is 1. The highest BCUT2D eigenvalue weighted by Gasteiger charge is 2.08. The van der Waals surface area contributed by atoms with E-state index < -0.39 is 0 Å². The Kier molecular flexibility index (Phi) is 2.65. The van der Waals surface area contributed by atoms with Crippen molar-refractivity contribution in [3.8, 4) is 0 Å². The van der Waals surface area contributed by atoms with Gasteiger partial charge in [-0.05, 0) is 6.42 Å². The van der Waals surface area contributed by atoms with Crippen molar-refractivity contribution in [2.45, 2.75) is 25.8 Å². The Hall–Kier alpha value is -0.830. The fourth-order valence-corrected chi connectivity index (χ4v) is 1.17. The Morgan fingerprint density at radius 1 is 1.73 bits per heavy atom. The largest absolute Gasteiger partial charge is 0.337 e. The Morgan fingerprint density at radius 3 is 2.91 bits per heavy atom. The molecule has 1 aromatic rings. The van der Waals surface area contributed by atoms with E-state index in [1.165, 1.54) is 0 Å². The maximum Gasteiger partial charge on any atom is 0.125 e. The van der Waals surface area contributed by atoms with Crippen molar-refractivity contribution in [1.29, 1.82) is 0 Å². The molecule has 3 heteroatoms. The Bertz CT molecular complexity index is 217. The first kappa shape index (κ1) is 8.27. The average molecular weight is 153 g/mol. The zero-order valence-electron chi connectivity index (χ0n) is 7.12. The predicted molar refractivity (Wildman–Crippen MR) is 45.0 cm³/mol. The smallest absolute Gasteiger partial charge is 0.125 e. The van der Waals surface area contributed by atoms with Crippen LogP contribution in [0, 0.1) is 0 Å². The van der Waals surface area contributed by atoms with E-state index in [9.17, 15) is 0 Å². The quantitative estimate of drug-likeness (QED) is 0.709. The summed E-state index contributed by atoms with van der Waals surface area (Å²) in [5.41, 5.74) is 5.87. The van der Waals surface area contributed by atoms with Crippen molar-refractivity contribution in [2.24, 2.45) is 12.8 Å². The van der Waals surface area contributed by atoms with Crippen LogP contribution in [-0.4, -0.2) is 9.55 Å². The summed E-state index contributed by atoms with van der Waals surface area (Å²) in [5.74, 6) is 0.979. The second-order valence-corrected chi connectivity index (χ2v) is 2.79. The molecule has 0 fully saturated rings. The van der Waals surface area contributed by atoms with E-state index in [0.717, 1.165) is 18.7 Å². The molecule has 62 valence electrons. The molecule has 0 unspecified atom stereocenters. The summed E-state index contributed by atoms with van der Waals surface area (Å²) in [6, 6.07) is 0.0972. The Labute approximate surface area is 67.2 Å². The fourth-order valence-electron chi connectivity index (χ4n) is 1.17. The van der Waals surface area contributed by atoms with Gasteiger partial charge in [0, 0.05) is 19.4 Å². The second-order valence-electron chi connectivity index (χ2n) is 2.79. The minimum Gasteiger partial charge on any atom is -0.337 e. The highest BCUT2D eigenvalue weighted by molar-refractivity contribution is 4.96. The molecular formula is C8H15N3. The summed E-state index contributed by atoms with van der Waals surface area (Å²) in [5, 5.41) is 0. The van der Waals surface area contributed by atoms with Gasteiger partial charge in [0.15, 0.2) is 0 Å². The van der Waals surface area contributed by atoms with E-state index in [1.807, 2.05) is 17.8 Å². The fraction of sp³-hybridized carbons (Fsp3) is 0.625. The molecule has 2 N–H and O–H groups in total. The van der Waals surface area contributed by atoms with Crippen LogP contribution >= 0.6 is 0 Å². The van der Waals surface area contributed by atoms with Gasteiger partial charge in [-0.1, -0.05) is 13.3 Å². The molecule has 1 atom stereocenters. The summed E-state index contributed by atoms with van der Waals surface area (Å²) in [6.45, 7) is 2.13. The van der Waals surface area contributed by atoms with E-state index in [1.54, 1.807) is 6.20 Å². The van der Waals surface area contributed by atoms with Gasteiger partial charge in [0.25, 0.3) is 0 Å². The lowest BCUT2D eigenvalue weighted by Crippen LogP contribution is -2.14. The average Bonchev–Trinajstić information content (AvgIpc) is 2.36. The molecular weight excluding hydrogens is 138 g/mol. The van der Waals surface area contributed by atoms with E-state index in [4.69, 9.17) is 5.73 Å². The van der Waals surface area contributed by atoms with Crippen LogP contribution in [0.1, 0.15) is 31.6 Å². The van der Waals surface area contributed by atoms with Crippen molar-refractivity contribution in [3.05, 3.63) is 18.2 Å². The minimum atomic E-state index is 0.0972. The summed E-state index contributed by atoms with van der Waals surface area (Å²) in [4.78, 5) is 4.17. The van der Waals surface area contributed by atoms with Crippen LogP contribution in [0.2, 0.25) is 0 Å². The van der Waals surface area contributed by atoms with E-state index >= 15 is 0 Å². The van der Waals surface area contributed by atoms with Crippen molar-refractivity contribution in [2.75, 3.05) is 0 Å². The van der Waals surface area contributed by atoms with E-state index in [2.05, 4.69) is 11.9 Å². The number of hydrogen-bond acceptors (Lipinski definition) is 2. The molecule has 0 spiro atoms. The van der Waals surface area contributed by atoms with Gasteiger partial charge in [0.2, 0.25) is 0 Å². The monoisotopic (exact) mass is 153 g/mol. The molecule has 1 rings (SSSR count). The van der Waals surface area contributed by atoms with Crippen molar-refractivity contribution in [3.63, 3.8) is 0 Å². The zero-order valence-corrected chi connectivity index (χ0v) is 7.12. The molecule has 0 amide bonds. The lowest BCUT2D eigenvalue weighted by atomic mass is 10.2. The highest BCUT2D eigenvalue weighted by atomic mass is 15.1. The van der Waals surface area contributed by atoms with Crippen molar-refractivity contribution in [1.82, 2.24) is 9.55 Å². The van der Waals surface area contributed by atoms with Crippen LogP contribution in [0.5, 0.6) is 0 Å². The summed E-state index contributed by atoms with van der Waals surface area (Å²) in [7, 11) is 1.97. The molecule has 1 aromatic heterocycles. The van der Waals surface area contributed by atoms with Gasteiger partial charge in [-0.25, -0.2) is 4.98 Å². The van der Waals surface area contributed by atoms with Gasteiger partial charge in [0.05, 0.1) is 6.04 Å². The topological polar surface area (TPSA) is 43.8 Å². The van der Waals surface area contributed by atoms with Gasteiger partial charge in [-0.15, -0.1) is 0 Å². The number of aromatic nitrogens is 2. The maximum absolute atomic E-state index is 5.87. The number of rotatable bonds is 3. The van der Waals surface area contributed by atoms with E-state index in [-0.39, 0.29) is 6.04 Å². The van der Waals surface area contributed by atoms with Crippen LogP contribution < -0.4 is 5.73 Å². The van der Waals surface area contributed by atoms with Crippen LogP contribution in [-0.2, 0) is 7.05 Å². The third kappa shape index (κ3) is 1.80. The van der Waals surface area contributed by atoms with Gasteiger partial charge in [-0.3, -0.25) is 0 Å². The van der Waals surface area contributed by atoms with Gasteiger partial charge in [-0.2, -0.15) is 0 Å². The SMILES string of the molecule is CCC[C@@H](N)c1nccn1C. The van der Waals surface area contributed by atoms with Crippen molar-refractivity contribution < 1.29 is 0 Å². The van der Waals surface area contributed by atoms with Crippen LogP contribution in [0.3, 0.4) is 0 Å². The molecule has 0 saturated heterocycles. The number of aryl methyl sites for hydroxylation is 1. The number of hydrogen-bond donors (Lipinski definition) is 1. The van der Waals surface area contributed by atoms with Crippen molar-refractivity contribution >= 4 is 0 Å². The first-order valence-corrected chi connectivity index (χ1v) is 3.98. The lowest BCUT2D eigenvalue weighted by molar-refractivity contribution is 0.579. The number of nitrogens with zero attached hydrogens (tertiary/aromatic N) is 2. The maximum atomic E-state index is 5.87. The molecule has 3 nitrogen and oxygen atoms in total. The normalized spacial score (nSPS) is 13.4. The molecule has 0 radical (unpaired) electrons. The Balaban J connectivity index is 2.67. The third-order valence-electron chi connectivity index (χ3n) is 1.79. The predicted octanol–water partition coefficient (Wildman–Crippen LogP) is 1.22. The molecule has 1 heterocycles. The Morgan fingerprint density at radius 2 is 2.45 bits per heavy atom. The van der Waals surface area contributed by atoms with E-state index in [0.29, 0.717) is 0 Å². The van der Waals surface area contributed by atoms with Gasteiger partial charge < -0.3 is 10.3 Å². The van der Waals surface area contributed by atoms with Crippen LogP contribution in [0.4, 0.5) is 0 Å². The number of nitrogens with two attached hydrogens (primary N) is 1. The highest BCUT2D eigenvalue weighted by Crippen LogP contribution is 2.11. The standard InChI is InChI=1S/C8H15N3/c1-3-4-7(9)8-10-5-6-11(8)2/h5-7H,3-4,9H2,1-2H3/t7-/m1/s1. The molecule has 11 heavy (non-hydrogen) atoms. The zero-order chi connectivity index (χ0) is 8.27. The summed E-state index contributed by atoms with van der Waals surface area (Å²) < 4.78 is 1.97. The molecule has 0 bridgehead atoms. The molecule has 0 aromatic carbocycles. The van der Waals surface area contributed by atoms with Crippen LogP contribution in [0.25, 0.3) is 0 Å². The lowest BCUT2D eigenvalue weighted by Gasteiger charge is -2.09. The van der Waals surface area contributed by atoms with Gasteiger partial charge in [0.1, 0.15) is 5.82 Å². The van der Waals surface area contributed by atoms with Crippen LogP contribution in [0.15, 0.2) is 12.4 Å². The molecule has 0 aliphatic heterocycles. The van der Waals surface area contributed by atoms with Gasteiger partial charge >= 0.3 is 0 Å². The minimum absolute atomic E-state index is 0.0972. The molecule has 0 aliphatic carbocycles. The first-order valence-electron chi connectivity index (χ1n) is 3.98.